The predicted octanol–water partition coefficient (Wildman–Crippen LogP) is 2.31. The van der Waals surface area contributed by atoms with Crippen LogP contribution in [0.2, 0.25) is 0 Å². The largest absolute Gasteiger partial charge is 0.481 e. The van der Waals surface area contributed by atoms with Crippen molar-refractivity contribution in [3.05, 3.63) is 35.9 Å². The zero-order valence-electron chi connectivity index (χ0n) is 15.0. The molecule has 0 radical (unpaired) electrons. The Balaban J connectivity index is 2.07. The highest BCUT2D eigenvalue weighted by molar-refractivity contribution is 5.89. The van der Waals surface area contributed by atoms with Crippen LogP contribution in [0.1, 0.15) is 45.2 Å². The maximum atomic E-state index is 12.8. The molecule has 1 aliphatic rings. The van der Waals surface area contributed by atoms with Crippen LogP contribution in [0.3, 0.4) is 0 Å². The molecule has 1 heterocycles. The normalized spacial score (nSPS) is 18.5. The molecule has 2 rings (SSSR count). The zero-order valence-corrected chi connectivity index (χ0v) is 15.0. The van der Waals surface area contributed by atoms with Crippen LogP contribution in [-0.4, -0.2) is 51.8 Å². The summed E-state index contributed by atoms with van der Waals surface area (Å²) in [6, 6.07) is 9.56. The Bertz CT molecular complexity index is 630. The first-order valence-electron chi connectivity index (χ1n) is 8.68. The van der Waals surface area contributed by atoms with E-state index in [0.717, 1.165) is 5.56 Å². The van der Waals surface area contributed by atoms with Crippen molar-refractivity contribution in [3.63, 3.8) is 0 Å². The van der Waals surface area contributed by atoms with Gasteiger partial charge in [-0.05, 0) is 26.3 Å². The number of carboxylic acid groups (broad SMARTS) is 1. The number of rotatable bonds is 7. The van der Waals surface area contributed by atoms with Gasteiger partial charge in [0.2, 0.25) is 11.8 Å². The maximum Gasteiger partial charge on any atom is 0.305 e. The van der Waals surface area contributed by atoms with E-state index in [-0.39, 0.29) is 43.3 Å². The molecule has 1 fully saturated rings. The molecule has 1 aliphatic heterocycles. The predicted molar refractivity (Wildman–Crippen MR) is 93.8 cm³/mol. The second-order valence-corrected chi connectivity index (χ2v) is 6.80. The highest BCUT2D eigenvalue weighted by Crippen LogP contribution is 2.29. The first-order chi connectivity index (χ1) is 11.8. The molecule has 0 aliphatic carbocycles. The number of benzene rings is 1. The fourth-order valence-corrected chi connectivity index (χ4v) is 3.26. The van der Waals surface area contributed by atoms with Gasteiger partial charge in [-0.15, -0.1) is 0 Å². The van der Waals surface area contributed by atoms with E-state index in [9.17, 15) is 14.4 Å². The van der Waals surface area contributed by atoms with E-state index in [1.54, 1.807) is 9.80 Å². The van der Waals surface area contributed by atoms with Gasteiger partial charge in [-0.1, -0.05) is 30.3 Å². The third kappa shape index (κ3) is 4.59. The third-order valence-corrected chi connectivity index (χ3v) is 4.73. The van der Waals surface area contributed by atoms with Gasteiger partial charge in [0.1, 0.15) is 0 Å². The molecule has 0 bridgehead atoms. The van der Waals surface area contributed by atoms with E-state index in [0.29, 0.717) is 6.54 Å². The standard InChI is InChI=1S/C19H26N2O4/c1-13(2)20(10-9-18(23)24)19(25)16-11-17(22)21(12-16)14(3)15-7-5-4-6-8-15/h4-8,13-14,16H,9-12H2,1-3H3,(H,23,24). The average Bonchev–Trinajstić information content (AvgIpc) is 2.96. The van der Waals surface area contributed by atoms with Gasteiger partial charge in [0.05, 0.1) is 18.4 Å². The van der Waals surface area contributed by atoms with Crippen molar-refractivity contribution in [2.24, 2.45) is 5.92 Å². The van der Waals surface area contributed by atoms with Crippen LogP contribution in [-0.2, 0) is 14.4 Å². The second-order valence-electron chi connectivity index (χ2n) is 6.80. The van der Waals surface area contributed by atoms with Crippen LogP contribution in [0.25, 0.3) is 0 Å². The van der Waals surface area contributed by atoms with Crippen LogP contribution in [0.15, 0.2) is 30.3 Å². The quantitative estimate of drug-likeness (QED) is 0.822. The van der Waals surface area contributed by atoms with Gasteiger partial charge >= 0.3 is 5.97 Å². The molecule has 6 heteroatoms. The summed E-state index contributed by atoms with van der Waals surface area (Å²) in [7, 11) is 0. The summed E-state index contributed by atoms with van der Waals surface area (Å²) in [5, 5.41) is 8.87. The molecule has 0 saturated carbocycles. The molecular weight excluding hydrogens is 320 g/mol. The summed E-state index contributed by atoms with van der Waals surface area (Å²) in [6.45, 7) is 6.24. The monoisotopic (exact) mass is 346 g/mol. The summed E-state index contributed by atoms with van der Waals surface area (Å²) in [5.41, 5.74) is 1.04. The zero-order chi connectivity index (χ0) is 18.6. The summed E-state index contributed by atoms with van der Waals surface area (Å²) in [5.74, 6) is -1.50. The first kappa shape index (κ1) is 19.0. The summed E-state index contributed by atoms with van der Waals surface area (Å²) in [4.78, 5) is 39.4. The Morgan fingerprint density at radius 2 is 1.88 bits per heavy atom. The Morgan fingerprint density at radius 3 is 2.44 bits per heavy atom. The number of carbonyl (C=O) groups is 3. The van der Waals surface area contributed by atoms with Gasteiger partial charge in [0.15, 0.2) is 0 Å². The molecule has 2 unspecified atom stereocenters. The molecule has 136 valence electrons. The minimum Gasteiger partial charge on any atom is -0.481 e. The van der Waals surface area contributed by atoms with Crippen molar-refractivity contribution >= 4 is 17.8 Å². The fraction of sp³-hybridized carbons (Fsp3) is 0.526. The fourth-order valence-electron chi connectivity index (χ4n) is 3.26. The average molecular weight is 346 g/mol. The summed E-state index contributed by atoms with van der Waals surface area (Å²) >= 11 is 0. The summed E-state index contributed by atoms with van der Waals surface area (Å²) in [6.07, 6.45) is 0.0982. The minimum absolute atomic E-state index is 0.0309. The van der Waals surface area contributed by atoms with Crippen LogP contribution >= 0.6 is 0 Å². The third-order valence-electron chi connectivity index (χ3n) is 4.73. The highest BCUT2D eigenvalue weighted by atomic mass is 16.4. The molecule has 2 atom stereocenters. The molecule has 0 spiro atoms. The molecule has 1 aromatic rings. The molecule has 1 aromatic carbocycles. The first-order valence-corrected chi connectivity index (χ1v) is 8.68. The van der Waals surface area contributed by atoms with Crippen molar-refractivity contribution in [3.8, 4) is 0 Å². The lowest BCUT2D eigenvalue weighted by Crippen LogP contribution is -2.43. The van der Waals surface area contributed by atoms with Crippen molar-refractivity contribution in [1.82, 2.24) is 9.80 Å². The van der Waals surface area contributed by atoms with Crippen molar-refractivity contribution < 1.29 is 19.5 Å². The van der Waals surface area contributed by atoms with Crippen LogP contribution in [0.5, 0.6) is 0 Å². The second kappa shape index (κ2) is 8.14. The number of aliphatic carboxylic acids is 1. The van der Waals surface area contributed by atoms with Gasteiger partial charge in [0, 0.05) is 25.6 Å². The van der Waals surface area contributed by atoms with E-state index in [4.69, 9.17) is 5.11 Å². The highest BCUT2D eigenvalue weighted by Gasteiger charge is 2.39. The van der Waals surface area contributed by atoms with Gasteiger partial charge < -0.3 is 14.9 Å². The van der Waals surface area contributed by atoms with Crippen molar-refractivity contribution in [2.45, 2.75) is 45.7 Å². The number of hydrogen-bond donors (Lipinski definition) is 1. The smallest absolute Gasteiger partial charge is 0.305 e. The lowest BCUT2D eigenvalue weighted by atomic mass is 10.1. The Labute approximate surface area is 148 Å². The minimum atomic E-state index is -0.930. The summed E-state index contributed by atoms with van der Waals surface area (Å²) < 4.78 is 0. The molecule has 6 nitrogen and oxygen atoms in total. The van der Waals surface area contributed by atoms with Gasteiger partial charge in [-0.2, -0.15) is 0 Å². The Morgan fingerprint density at radius 1 is 1.24 bits per heavy atom. The van der Waals surface area contributed by atoms with Gasteiger partial charge in [0.25, 0.3) is 0 Å². The molecule has 25 heavy (non-hydrogen) atoms. The van der Waals surface area contributed by atoms with Crippen LogP contribution in [0.4, 0.5) is 0 Å². The Kier molecular flexibility index (Phi) is 6.17. The van der Waals surface area contributed by atoms with E-state index in [1.807, 2.05) is 51.1 Å². The van der Waals surface area contributed by atoms with E-state index >= 15 is 0 Å². The van der Waals surface area contributed by atoms with Crippen LogP contribution in [0, 0.1) is 5.92 Å². The topological polar surface area (TPSA) is 77.9 Å². The van der Waals surface area contributed by atoms with E-state index in [1.165, 1.54) is 0 Å². The number of hydrogen-bond acceptors (Lipinski definition) is 3. The number of likely N-dealkylation sites (tertiary alicyclic amines) is 1. The Hall–Kier alpha value is -2.37. The SMILES string of the molecule is CC(C)N(CCC(=O)O)C(=O)C1CC(=O)N(C(C)c2ccccc2)C1. The lowest BCUT2D eigenvalue weighted by molar-refractivity contribution is -0.141. The van der Waals surface area contributed by atoms with Crippen LogP contribution < -0.4 is 0 Å². The number of amides is 2. The molecular formula is C19H26N2O4. The van der Waals surface area contributed by atoms with Gasteiger partial charge in [-0.25, -0.2) is 0 Å². The molecule has 2 amide bonds. The van der Waals surface area contributed by atoms with E-state index in [2.05, 4.69) is 0 Å². The number of carbonyl (C=O) groups excluding carboxylic acids is 2. The number of nitrogens with zero attached hydrogens (tertiary/aromatic N) is 2. The van der Waals surface area contributed by atoms with Crippen molar-refractivity contribution in [2.75, 3.05) is 13.1 Å². The molecule has 1 saturated heterocycles. The number of carboxylic acids is 1. The lowest BCUT2D eigenvalue weighted by Gasteiger charge is -2.29. The van der Waals surface area contributed by atoms with E-state index < -0.39 is 11.9 Å². The van der Waals surface area contributed by atoms with Gasteiger partial charge in [-0.3, -0.25) is 14.4 Å². The molecule has 1 N–H and O–H groups in total. The maximum absolute atomic E-state index is 12.8. The molecule has 0 aromatic heterocycles. The van der Waals surface area contributed by atoms with Crippen molar-refractivity contribution in [1.29, 1.82) is 0 Å².